The smallest absolute Gasteiger partial charge is 0.188 e. The van der Waals surface area contributed by atoms with Crippen molar-refractivity contribution >= 4 is 17.2 Å². The van der Waals surface area contributed by atoms with Gasteiger partial charge in [-0.1, -0.05) is 65.5 Å². The van der Waals surface area contributed by atoms with Crippen LogP contribution >= 0.6 is 0 Å². The van der Waals surface area contributed by atoms with Crippen LogP contribution in [0, 0.1) is 12.3 Å². The molecule has 0 amide bonds. The van der Waals surface area contributed by atoms with E-state index in [1.807, 2.05) is 46.8 Å². The maximum atomic E-state index is 12.5. The first-order valence-electron chi connectivity index (χ1n) is 11.3. The number of rotatable bonds is 6. The first-order chi connectivity index (χ1) is 15.1. The molecule has 2 aliphatic rings. The first kappa shape index (κ1) is 25.6. The summed E-state index contributed by atoms with van der Waals surface area (Å²) in [5.74, 6) is 1.38. The lowest BCUT2D eigenvalue weighted by atomic mass is 9.85. The van der Waals surface area contributed by atoms with Gasteiger partial charge in [0.1, 0.15) is 11.6 Å². The molecule has 0 saturated heterocycles. The number of allylic oxidation sites excluding steroid dienone is 1. The van der Waals surface area contributed by atoms with Crippen LogP contribution in [0.3, 0.4) is 0 Å². The van der Waals surface area contributed by atoms with E-state index in [9.17, 15) is 4.79 Å². The van der Waals surface area contributed by atoms with Crippen LogP contribution in [-0.2, 0) is 9.53 Å². The fourth-order valence-corrected chi connectivity index (χ4v) is 3.47. The van der Waals surface area contributed by atoms with E-state index in [2.05, 4.69) is 23.0 Å². The number of nitrogens with one attached hydrogen (secondary N) is 1. The van der Waals surface area contributed by atoms with Gasteiger partial charge in [0.15, 0.2) is 12.6 Å². The number of aliphatic imine (C=N–C) groups is 1. The number of carbonyl (C=O) groups excluding carboxylic acids is 1. The number of hydrogen-bond donors (Lipinski definition) is 1. The summed E-state index contributed by atoms with van der Waals surface area (Å²) in [5, 5.41) is 3.05. The lowest BCUT2D eigenvalue weighted by molar-refractivity contribution is -0.122. The van der Waals surface area contributed by atoms with Crippen molar-refractivity contribution in [3.05, 3.63) is 59.5 Å². The van der Waals surface area contributed by atoms with Crippen LogP contribution in [0.15, 0.2) is 53.3 Å². The van der Waals surface area contributed by atoms with Crippen LogP contribution in [0.25, 0.3) is 5.57 Å². The summed E-state index contributed by atoms with van der Waals surface area (Å²) in [6.07, 6.45) is 10.9. The Labute approximate surface area is 193 Å². The van der Waals surface area contributed by atoms with E-state index in [1.165, 1.54) is 32.1 Å². The molecule has 1 aliphatic heterocycles. The van der Waals surface area contributed by atoms with E-state index in [4.69, 9.17) is 9.47 Å². The van der Waals surface area contributed by atoms with Gasteiger partial charge in [0.2, 0.25) is 0 Å². The van der Waals surface area contributed by atoms with Gasteiger partial charge >= 0.3 is 0 Å². The molecule has 0 radical (unpaired) electrons. The second-order valence-electron chi connectivity index (χ2n) is 9.40. The van der Waals surface area contributed by atoms with Gasteiger partial charge in [-0.3, -0.25) is 4.79 Å². The molecule has 0 atom stereocenters. The molecule has 1 aromatic rings. The van der Waals surface area contributed by atoms with Crippen LogP contribution in [0.1, 0.15) is 70.9 Å². The van der Waals surface area contributed by atoms with E-state index in [1.54, 1.807) is 19.5 Å². The van der Waals surface area contributed by atoms with E-state index < -0.39 is 5.41 Å². The third-order valence-corrected chi connectivity index (χ3v) is 5.38. The predicted molar refractivity (Wildman–Crippen MR) is 133 cm³/mol. The van der Waals surface area contributed by atoms with E-state index >= 15 is 0 Å². The zero-order chi connectivity index (χ0) is 23.7. The minimum Gasteiger partial charge on any atom is -0.468 e. The molecule has 0 spiro atoms. The zero-order valence-corrected chi connectivity index (χ0v) is 20.5. The molecule has 1 heterocycles. The molecule has 1 N–H and O–H groups in total. The summed E-state index contributed by atoms with van der Waals surface area (Å²) in [6, 6.07) is 5.97. The van der Waals surface area contributed by atoms with Crippen molar-refractivity contribution in [1.82, 2.24) is 5.32 Å². The molecule has 0 unspecified atom stereocenters. The summed E-state index contributed by atoms with van der Waals surface area (Å²) >= 11 is 0. The van der Waals surface area contributed by atoms with E-state index in [0.717, 1.165) is 22.4 Å². The van der Waals surface area contributed by atoms with Gasteiger partial charge in [0.05, 0.1) is 0 Å². The molecule has 5 heteroatoms. The Bertz CT molecular complexity index is 906. The minimum absolute atomic E-state index is 0.0459. The van der Waals surface area contributed by atoms with Crippen molar-refractivity contribution in [3.63, 3.8) is 0 Å². The van der Waals surface area contributed by atoms with Crippen LogP contribution in [0.4, 0.5) is 0 Å². The molecule has 32 heavy (non-hydrogen) atoms. The number of ketones is 1. The van der Waals surface area contributed by atoms with Gasteiger partial charge in [-0.15, -0.1) is 0 Å². The van der Waals surface area contributed by atoms with Gasteiger partial charge in [0, 0.05) is 36.1 Å². The average Bonchev–Trinajstić information content (AvgIpc) is 3.42. The number of aryl methyl sites for hydroxylation is 1. The van der Waals surface area contributed by atoms with Gasteiger partial charge in [-0.05, 0) is 42.7 Å². The highest BCUT2D eigenvalue weighted by atomic mass is 16.7. The Morgan fingerprint density at radius 1 is 1.16 bits per heavy atom. The third-order valence-electron chi connectivity index (χ3n) is 5.38. The largest absolute Gasteiger partial charge is 0.468 e. The van der Waals surface area contributed by atoms with E-state index in [-0.39, 0.29) is 12.6 Å². The van der Waals surface area contributed by atoms with Crippen molar-refractivity contribution in [2.24, 2.45) is 10.4 Å². The van der Waals surface area contributed by atoms with Crippen molar-refractivity contribution in [2.45, 2.75) is 66.7 Å². The first-order valence-corrected chi connectivity index (χ1v) is 11.3. The molecule has 174 valence electrons. The Balaban J connectivity index is 0.000000636. The zero-order valence-electron chi connectivity index (χ0n) is 20.5. The fraction of sp³-hybridized carbons (Fsp3) is 0.481. The van der Waals surface area contributed by atoms with Gasteiger partial charge in [-0.2, -0.15) is 0 Å². The number of ether oxygens (including phenoxy) is 2. The molecular weight excluding hydrogens is 400 g/mol. The van der Waals surface area contributed by atoms with Crippen LogP contribution in [-0.4, -0.2) is 25.5 Å². The summed E-state index contributed by atoms with van der Waals surface area (Å²) in [5.41, 5.74) is 3.80. The number of benzene rings is 1. The molecular formula is C27H38N2O3. The highest BCUT2D eigenvalue weighted by molar-refractivity contribution is 6.18. The summed E-state index contributed by atoms with van der Waals surface area (Å²) in [7, 11) is 1.59. The lowest BCUT2D eigenvalue weighted by Crippen LogP contribution is -2.22. The number of amidine groups is 1. The highest BCUT2D eigenvalue weighted by Crippen LogP contribution is 2.27. The van der Waals surface area contributed by atoms with Crippen molar-refractivity contribution in [3.8, 4) is 5.75 Å². The normalized spacial score (nSPS) is 17.6. The maximum Gasteiger partial charge on any atom is 0.188 e. The monoisotopic (exact) mass is 438 g/mol. The Hall–Kier alpha value is -2.66. The Morgan fingerprint density at radius 3 is 2.34 bits per heavy atom. The molecule has 3 rings (SSSR count). The third kappa shape index (κ3) is 7.49. The van der Waals surface area contributed by atoms with Gasteiger partial charge < -0.3 is 14.8 Å². The van der Waals surface area contributed by atoms with Crippen LogP contribution in [0.2, 0.25) is 0 Å². The van der Waals surface area contributed by atoms with E-state index in [0.29, 0.717) is 17.0 Å². The SMILES string of the molecule is C1CCCC1.C=C1C(C(=O)C(C)(C)C)=CNC1=N/C=C(\C)c1cc(C)cc(OCOC)c1. The number of nitrogens with zero attached hydrogens (tertiary/aromatic N) is 1. The lowest BCUT2D eigenvalue weighted by Gasteiger charge is -2.17. The Kier molecular flexibility index (Phi) is 9.45. The number of carbonyl (C=O) groups is 1. The summed E-state index contributed by atoms with van der Waals surface area (Å²) in [4.78, 5) is 17.0. The topological polar surface area (TPSA) is 59.9 Å². The van der Waals surface area contributed by atoms with Crippen molar-refractivity contribution < 1.29 is 14.3 Å². The molecule has 1 fully saturated rings. The van der Waals surface area contributed by atoms with Gasteiger partial charge in [-0.25, -0.2) is 4.99 Å². The minimum atomic E-state index is -0.460. The number of methoxy groups -OCH3 is 1. The Morgan fingerprint density at radius 2 is 1.78 bits per heavy atom. The molecule has 0 aromatic heterocycles. The van der Waals surface area contributed by atoms with Crippen molar-refractivity contribution in [2.75, 3.05) is 13.9 Å². The molecule has 1 aromatic carbocycles. The van der Waals surface area contributed by atoms with Crippen LogP contribution in [0.5, 0.6) is 5.75 Å². The quantitative estimate of drug-likeness (QED) is 0.526. The van der Waals surface area contributed by atoms with Gasteiger partial charge in [0.25, 0.3) is 0 Å². The highest BCUT2D eigenvalue weighted by Gasteiger charge is 2.30. The molecule has 0 bridgehead atoms. The number of Topliss-reactive ketones (excluding diaryl/α,β-unsaturated/α-hetero) is 1. The standard InChI is InChI=1S/C22H28N2O3.C5H10/c1-14-8-17(10-18(9-14)27-13-26-7)15(2)11-23-21-16(3)19(12-24-21)20(25)22(4,5)6;1-2-4-5-3-1/h8-12H,3,13H2,1-2,4-7H3,(H,23,24);1-5H2/b15-11+;. The molecule has 1 saturated carbocycles. The van der Waals surface area contributed by atoms with Crippen LogP contribution < -0.4 is 10.1 Å². The summed E-state index contributed by atoms with van der Waals surface area (Å²) in [6.45, 7) is 13.9. The molecule has 1 aliphatic carbocycles. The van der Waals surface area contributed by atoms with Crippen molar-refractivity contribution in [1.29, 1.82) is 0 Å². The second kappa shape index (κ2) is 11.8. The fourth-order valence-electron chi connectivity index (χ4n) is 3.47. The maximum absolute atomic E-state index is 12.5. The second-order valence-corrected chi connectivity index (χ2v) is 9.40. The summed E-state index contributed by atoms with van der Waals surface area (Å²) < 4.78 is 10.5. The predicted octanol–water partition coefficient (Wildman–Crippen LogP) is 6.35. The average molecular weight is 439 g/mol. The number of hydrogen-bond acceptors (Lipinski definition) is 4. The molecule has 5 nitrogen and oxygen atoms in total.